The summed E-state index contributed by atoms with van der Waals surface area (Å²) in [6.07, 6.45) is 1.28. The second-order valence-corrected chi connectivity index (χ2v) is 7.06. The average Bonchev–Trinajstić information content (AvgIpc) is 2.22. The Kier molecular flexibility index (Phi) is 4.33. The molecule has 0 heterocycles. The molecular weight excluding hydrogens is 234 g/mol. The molecule has 0 aliphatic rings. The molecule has 1 N–H and O–H groups in total. The summed E-state index contributed by atoms with van der Waals surface area (Å²) in [4.78, 5) is 0. The molecule has 0 amide bonds. The lowest BCUT2D eigenvalue weighted by Gasteiger charge is -2.24. The first-order valence-corrected chi connectivity index (χ1v) is 7.66. The molecule has 0 saturated heterocycles. The van der Waals surface area contributed by atoms with Crippen molar-refractivity contribution in [1.82, 2.24) is 5.32 Å². The van der Waals surface area contributed by atoms with Crippen LogP contribution in [0.25, 0.3) is 0 Å². The number of aryl methyl sites for hydroxylation is 2. The summed E-state index contributed by atoms with van der Waals surface area (Å²) < 4.78 is 23.3. The Morgan fingerprint density at radius 3 is 2.29 bits per heavy atom. The predicted molar refractivity (Wildman–Crippen MR) is 72.0 cm³/mol. The lowest BCUT2D eigenvalue weighted by molar-refractivity contribution is 0.533. The maximum Gasteiger partial charge on any atom is 0.151 e. The summed E-state index contributed by atoms with van der Waals surface area (Å²) in [6.45, 7) is 5.77. The summed E-state index contributed by atoms with van der Waals surface area (Å²) in [5.74, 6) is 0. The predicted octanol–water partition coefficient (Wildman–Crippen LogP) is 2.00. The molecule has 0 aliphatic heterocycles. The van der Waals surface area contributed by atoms with Crippen LogP contribution in [0.1, 0.15) is 29.7 Å². The maximum atomic E-state index is 11.7. The lowest BCUT2D eigenvalue weighted by Crippen LogP contribution is -2.33. The fraction of sp³-hybridized carbons (Fsp3) is 0.538. The highest BCUT2D eigenvalue weighted by atomic mass is 32.2. The second-order valence-electron chi connectivity index (χ2n) is 4.66. The standard InChI is InChI=1S/C13H21NO2S/c1-9-6-7-10(2)12(8-9)13(14-4)11(3)17(5,15)16/h6-8,11,13-14H,1-5H3. The molecule has 0 spiro atoms. The van der Waals surface area contributed by atoms with Crippen LogP contribution in [-0.2, 0) is 9.84 Å². The van der Waals surface area contributed by atoms with E-state index in [1.165, 1.54) is 6.26 Å². The van der Waals surface area contributed by atoms with E-state index in [0.717, 1.165) is 16.7 Å². The van der Waals surface area contributed by atoms with Crippen LogP contribution in [0, 0.1) is 13.8 Å². The number of hydrogen-bond acceptors (Lipinski definition) is 3. The van der Waals surface area contributed by atoms with Gasteiger partial charge in [0.05, 0.1) is 5.25 Å². The quantitative estimate of drug-likeness (QED) is 0.895. The number of rotatable bonds is 4. The number of nitrogens with one attached hydrogen (secondary N) is 1. The van der Waals surface area contributed by atoms with Crippen molar-refractivity contribution in [3.05, 3.63) is 34.9 Å². The van der Waals surface area contributed by atoms with Crippen molar-refractivity contribution >= 4 is 9.84 Å². The zero-order chi connectivity index (χ0) is 13.2. The van der Waals surface area contributed by atoms with Crippen LogP contribution in [0.4, 0.5) is 0 Å². The van der Waals surface area contributed by atoms with Gasteiger partial charge < -0.3 is 5.32 Å². The summed E-state index contributed by atoms with van der Waals surface area (Å²) in [7, 11) is -1.25. The third-order valence-corrected chi connectivity index (χ3v) is 4.85. The van der Waals surface area contributed by atoms with Crippen LogP contribution in [0.5, 0.6) is 0 Å². The van der Waals surface area contributed by atoms with Crippen LogP contribution in [-0.4, -0.2) is 27.0 Å². The van der Waals surface area contributed by atoms with E-state index < -0.39 is 15.1 Å². The number of sulfone groups is 1. The Balaban J connectivity index is 3.23. The first kappa shape index (κ1) is 14.2. The molecule has 1 aromatic rings. The van der Waals surface area contributed by atoms with Crippen LogP contribution in [0.3, 0.4) is 0 Å². The van der Waals surface area contributed by atoms with Crippen molar-refractivity contribution in [1.29, 1.82) is 0 Å². The van der Waals surface area contributed by atoms with Crippen LogP contribution < -0.4 is 5.32 Å². The zero-order valence-electron chi connectivity index (χ0n) is 11.1. The van der Waals surface area contributed by atoms with Gasteiger partial charge in [-0.05, 0) is 38.9 Å². The fourth-order valence-electron chi connectivity index (χ4n) is 1.99. The summed E-state index contributed by atoms with van der Waals surface area (Å²) >= 11 is 0. The second kappa shape index (κ2) is 5.19. The molecule has 1 rings (SSSR count). The molecule has 4 heteroatoms. The Bertz CT molecular complexity index is 494. The van der Waals surface area contributed by atoms with Gasteiger partial charge in [0.25, 0.3) is 0 Å². The van der Waals surface area contributed by atoms with E-state index in [1.807, 2.05) is 26.0 Å². The molecule has 0 aromatic heterocycles. The van der Waals surface area contributed by atoms with Gasteiger partial charge in [0.2, 0.25) is 0 Å². The topological polar surface area (TPSA) is 46.2 Å². The molecular formula is C13H21NO2S. The third-order valence-electron chi connectivity index (χ3n) is 3.23. The Labute approximate surface area is 104 Å². The van der Waals surface area contributed by atoms with Gasteiger partial charge in [0.15, 0.2) is 9.84 Å². The molecule has 3 nitrogen and oxygen atoms in total. The van der Waals surface area contributed by atoms with Gasteiger partial charge in [-0.2, -0.15) is 0 Å². The van der Waals surface area contributed by atoms with Crippen LogP contribution >= 0.6 is 0 Å². The van der Waals surface area contributed by atoms with E-state index in [2.05, 4.69) is 11.4 Å². The molecule has 0 radical (unpaired) electrons. The van der Waals surface area contributed by atoms with Gasteiger partial charge in [-0.25, -0.2) is 8.42 Å². The molecule has 2 unspecified atom stereocenters. The van der Waals surface area contributed by atoms with Crippen molar-refractivity contribution in [3.63, 3.8) is 0 Å². The molecule has 17 heavy (non-hydrogen) atoms. The molecule has 0 bridgehead atoms. The molecule has 96 valence electrons. The van der Waals surface area contributed by atoms with E-state index in [0.29, 0.717) is 0 Å². The van der Waals surface area contributed by atoms with Gasteiger partial charge in [-0.1, -0.05) is 23.8 Å². The van der Waals surface area contributed by atoms with E-state index >= 15 is 0 Å². The van der Waals surface area contributed by atoms with E-state index in [1.54, 1.807) is 14.0 Å². The van der Waals surface area contributed by atoms with Gasteiger partial charge in [-0.15, -0.1) is 0 Å². The minimum Gasteiger partial charge on any atom is -0.312 e. The van der Waals surface area contributed by atoms with Crippen LogP contribution in [0.15, 0.2) is 18.2 Å². The fourth-order valence-corrected chi connectivity index (χ4v) is 2.76. The SMILES string of the molecule is CNC(c1cc(C)ccc1C)C(C)S(C)(=O)=O. The number of hydrogen-bond donors (Lipinski definition) is 1. The summed E-state index contributed by atoms with van der Waals surface area (Å²) in [6, 6.07) is 5.96. The Hall–Kier alpha value is -0.870. The average molecular weight is 255 g/mol. The molecule has 0 fully saturated rings. The molecule has 2 atom stereocenters. The minimum absolute atomic E-state index is 0.162. The largest absolute Gasteiger partial charge is 0.312 e. The third kappa shape index (κ3) is 3.30. The number of benzene rings is 1. The normalized spacial score (nSPS) is 15.6. The highest BCUT2D eigenvalue weighted by Gasteiger charge is 2.27. The molecule has 0 saturated carbocycles. The molecule has 1 aromatic carbocycles. The Morgan fingerprint density at radius 1 is 1.24 bits per heavy atom. The molecule has 0 aliphatic carbocycles. The highest BCUT2D eigenvalue weighted by molar-refractivity contribution is 7.91. The van der Waals surface area contributed by atoms with Crippen molar-refractivity contribution < 1.29 is 8.42 Å². The lowest BCUT2D eigenvalue weighted by atomic mass is 9.97. The Morgan fingerprint density at radius 2 is 1.82 bits per heavy atom. The van der Waals surface area contributed by atoms with E-state index in [-0.39, 0.29) is 6.04 Å². The van der Waals surface area contributed by atoms with Crippen LogP contribution in [0.2, 0.25) is 0 Å². The minimum atomic E-state index is -3.05. The van der Waals surface area contributed by atoms with Gasteiger partial charge in [-0.3, -0.25) is 0 Å². The maximum absolute atomic E-state index is 11.7. The van der Waals surface area contributed by atoms with Gasteiger partial charge in [0, 0.05) is 12.3 Å². The van der Waals surface area contributed by atoms with Gasteiger partial charge in [0.1, 0.15) is 0 Å². The highest BCUT2D eigenvalue weighted by Crippen LogP contribution is 2.25. The zero-order valence-corrected chi connectivity index (χ0v) is 11.9. The summed E-state index contributed by atoms with van der Waals surface area (Å²) in [5.41, 5.74) is 3.32. The van der Waals surface area contributed by atoms with Crippen molar-refractivity contribution in [2.45, 2.75) is 32.1 Å². The first-order valence-electron chi connectivity index (χ1n) is 5.70. The summed E-state index contributed by atoms with van der Waals surface area (Å²) in [5, 5.41) is 2.68. The van der Waals surface area contributed by atoms with Crippen molar-refractivity contribution in [2.24, 2.45) is 0 Å². The smallest absolute Gasteiger partial charge is 0.151 e. The monoisotopic (exact) mass is 255 g/mol. The first-order chi connectivity index (χ1) is 7.77. The van der Waals surface area contributed by atoms with Crippen molar-refractivity contribution in [3.8, 4) is 0 Å². The van der Waals surface area contributed by atoms with Gasteiger partial charge >= 0.3 is 0 Å². The van der Waals surface area contributed by atoms with E-state index in [9.17, 15) is 8.42 Å². The van der Waals surface area contributed by atoms with Crippen molar-refractivity contribution in [2.75, 3.05) is 13.3 Å². The van der Waals surface area contributed by atoms with E-state index in [4.69, 9.17) is 0 Å².